The molecule has 184 valence electrons. The average molecular weight is 441 g/mol. The SMILES string of the molecule is CCCCCCCCCCCCCCCOC(=O)CCC(=O)OCCCCCCCC. The normalized spacial score (nSPS) is 10.9. The molecule has 0 amide bonds. The van der Waals surface area contributed by atoms with Crippen LogP contribution in [0, 0.1) is 0 Å². The zero-order valence-electron chi connectivity index (χ0n) is 20.9. The number of carbonyl (C=O) groups is 2. The van der Waals surface area contributed by atoms with Gasteiger partial charge in [0.2, 0.25) is 0 Å². The number of rotatable bonds is 24. The molecule has 0 aromatic rings. The molecule has 0 aromatic heterocycles. The van der Waals surface area contributed by atoms with Crippen molar-refractivity contribution in [2.45, 2.75) is 149 Å². The van der Waals surface area contributed by atoms with E-state index in [1.165, 1.54) is 96.3 Å². The second-order valence-corrected chi connectivity index (χ2v) is 8.95. The molecule has 0 aliphatic carbocycles. The molecule has 0 heterocycles. The highest BCUT2D eigenvalue weighted by Gasteiger charge is 2.09. The molecule has 4 heteroatoms. The summed E-state index contributed by atoms with van der Waals surface area (Å²) in [5.41, 5.74) is 0. The second-order valence-electron chi connectivity index (χ2n) is 8.95. The van der Waals surface area contributed by atoms with Crippen molar-refractivity contribution in [3.8, 4) is 0 Å². The number of esters is 2. The Morgan fingerprint density at radius 1 is 0.419 bits per heavy atom. The van der Waals surface area contributed by atoms with E-state index in [0.29, 0.717) is 13.2 Å². The van der Waals surface area contributed by atoms with Crippen LogP contribution in [0.4, 0.5) is 0 Å². The highest BCUT2D eigenvalue weighted by atomic mass is 16.5. The van der Waals surface area contributed by atoms with Crippen LogP contribution in [0.25, 0.3) is 0 Å². The maximum Gasteiger partial charge on any atom is 0.306 e. The fourth-order valence-electron chi connectivity index (χ4n) is 3.72. The van der Waals surface area contributed by atoms with Crippen LogP contribution in [0.3, 0.4) is 0 Å². The first-order chi connectivity index (χ1) is 15.2. The average Bonchev–Trinajstić information content (AvgIpc) is 2.77. The Hall–Kier alpha value is -1.06. The fraction of sp³-hybridized carbons (Fsp3) is 0.926. The van der Waals surface area contributed by atoms with E-state index in [-0.39, 0.29) is 24.8 Å². The molecule has 0 bridgehead atoms. The second kappa shape index (κ2) is 25.2. The van der Waals surface area contributed by atoms with E-state index in [1.54, 1.807) is 0 Å². The molecule has 0 fully saturated rings. The third kappa shape index (κ3) is 25.1. The highest BCUT2D eigenvalue weighted by molar-refractivity contribution is 5.77. The smallest absolute Gasteiger partial charge is 0.306 e. The molecule has 4 nitrogen and oxygen atoms in total. The van der Waals surface area contributed by atoms with Crippen molar-refractivity contribution in [3.63, 3.8) is 0 Å². The van der Waals surface area contributed by atoms with Gasteiger partial charge in [-0.1, -0.05) is 123 Å². The number of hydrogen-bond donors (Lipinski definition) is 0. The van der Waals surface area contributed by atoms with Crippen molar-refractivity contribution in [2.24, 2.45) is 0 Å². The zero-order valence-corrected chi connectivity index (χ0v) is 20.9. The van der Waals surface area contributed by atoms with Crippen molar-refractivity contribution in [1.82, 2.24) is 0 Å². The topological polar surface area (TPSA) is 52.6 Å². The predicted molar refractivity (Wildman–Crippen MR) is 130 cm³/mol. The fourth-order valence-corrected chi connectivity index (χ4v) is 3.72. The lowest BCUT2D eigenvalue weighted by molar-refractivity contribution is -0.150. The van der Waals surface area contributed by atoms with Crippen LogP contribution in [0.1, 0.15) is 149 Å². The summed E-state index contributed by atoms with van der Waals surface area (Å²) in [7, 11) is 0. The molecular weight excluding hydrogens is 388 g/mol. The molecule has 0 rings (SSSR count). The standard InChI is InChI=1S/C27H52O4/c1-3-5-7-9-11-12-13-14-15-16-17-19-21-25-31-27(29)23-22-26(28)30-24-20-18-10-8-6-4-2/h3-25H2,1-2H3. The monoisotopic (exact) mass is 440 g/mol. The molecule has 0 unspecified atom stereocenters. The van der Waals surface area contributed by atoms with E-state index in [4.69, 9.17) is 9.47 Å². The van der Waals surface area contributed by atoms with Gasteiger partial charge in [0.25, 0.3) is 0 Å². The molecular formula is C27H52O4. The first kappa shape index (κ1) is 29.9. The molecule has 0 saturated carbocycles. The minimum atomic E-state index is -0.286. The van der Waals surface area contributed by atoms with E-state index < -0.39 is 0 Å². The van der Waals surface area contributed by atoms with E-state index in [2.05, 4.69) is 13.8 Å². The van der Waals surface area contributed by atoms with E-state index in [1.807, 2.05) is 0 Å². The predicted octanol–water partition coefficient (Wildman–Crippen LogP) is 8.30. The summed E-state index contributed by atoms with van der Waals surface area (Å²) < 4.78 is 10.4. The van der Waals surface area contributed by atoms with Gasteiger partial charge >= 0.3 is 11.9 Å². The van der Waals surface area contributed by atoms with Crippen LogP contribution in [0.15, 0.2) is 0 Å². The maximum absolute atomic E-state index is 11.7. The quantitative estimate of drug-likeness (QED) is 0.112. The Labute approximate surface area is 193 Å². The van der Waals surface area contributed by atoms with Gasteiger partial charge in [-0.2, -0.15) is 0 Å². The summed E-state index contributed by atoms with van der Waals surface area (Å²) in [6.45, 7) is 5.41. The Morgan fingerprint density at radius 3 is 0.968 bits per heavy atom. The maximum atomic E-state index is 11.7. The van der Waals surface area contributed by atoms with Crippen molar-refractivity contribution in [3.05, 3.63) is 0 Å². The third-order valence-electron chi connectivity index (χ3n) is 5.81. The lowest BCUT2D eigenvalue weighted by Gasteiger charge is -2.06. The molecule has 31 heavy (non-hydrogen) atoms. The van der Waals surface area contributed by atoms with Gasteiger partial charge in [0, 0.05) is 0 Å². The minimum absolute atomic E-state index is 0.132. The first-order valence-corrected chi connectivity index (χ1v) is 13.5. The van der Waals surface area contributed by atoms with E-state index in [0.717, 1.165) is 25.7 Å². The summed E-state index contributed by atoms with van der Waals surface area (Å²) in [5, 5.41) is 0. The summed E-state index contributed by atoms with van der Waals surface area (Å²) >= 11 is 0. The van der Waals surface area contributed by atoms with Crippen molar-refractivity contribution in [1.29, 1.82) is 0 Å². The zero-order chi connectivity index (χ0) is 22.8. The van der Waals surface area contributed by atoms with Crippen molar-refractivity contribution in [2.75, 3.05) is 13.2 Å². The van der Waals surface area contributed by atoms with E-state index in [9.17, 15) is 9.59 Å². The lowest BCUT2D eigenvalue weighted by Crippen LogP contribution is -2.11. The number of unbranched alkanes of at least 4 members (excludes halogenated alkanes) is 17. The first-order valence-electron chi connectivity index (χ1n) is 13.5. The van der Waals surface area contributed by atoms with Crippen molar-refractivity contribution < 1.29 is 19.1 Å². The Kier molecular flexibility index (Phi) is 24.3. The van der Waals surface area contributed by atoms with Crippen LogP contribution < -0.4 is 0 Å². The Morgan fingerprint density at radius 2 is 0.677 bits per heavy atom. The van der Waals surface area contributed by atoms with Gasteiger partial charge < -0.3 is 9.47 Å². The van der Waals surface area contributed by atoms with Gasteiger partial charge in [-0.25, -0.2) is 0 Å². The van der Waals surface area contributed by atoms with Crippen LogP contribution in [-0.4, -0.2) is 25.2 Å². The van der Waals surface area contributed by atoms with Gasteiger partial charge in [-0.3, -0.25) is 9.59 Å². The Bertz CT molecular complexity index is 395. The molecule has 0 aliphatic heterocycles. The molecule has 0 aromatic carbocycles. The van der Waals surface area contributed by atoms with E-state index >= 15 is 0 Å². The highest BCUT2D eigenvalue weighted by Crippen LogP contribution is 2.12. The van der Waals surface area contributed by atoms with Crippen LogP contribution in [0.5, 0.6) is 0 Å². The summed E-state index contributed by atoms with van der Waals surface area (Å²) in [4.78, 5) is 23.4. The number of hydrogen-bond acceptors (Lipinski definition) is 4. The molecule has 0 radical (unpaired) electrons. The van der Waals surface area contributed by atoms with Gasteiger partial charge in [0.05, 0.1) is 26.1 Å². The summed E-state index contributed by atoms with van der Waals surface area (Å²) in [6, 6.07) is 0. The Balaban J connectivity index is 3.27. The van der Waals surface area contributed by atoms with Crippen LogP contribution in [-0.2, 0) is 19.1 Å². The van der Waals surface area contributed by atoms with Gasteiger partial charge in [-0.05, 0) is 12.8 Å². The largest absolute Gasteiger partial charge is 0.466 e. The lowest BCUT2D eigenvalue weighted by atomic mass is 10.0. The molecule has 0 atom stereocenters. The van der Waals surface area contributed by atoms with Crippen LogP contribution >= 0.6 is 0 Å². The summed E-state index contributed by atoms with van der Waals surface area (Å²) in [5.74, 6) is -0.568. The third-order valence-corrected chi connectivity index (χ3v) is 5.81. The number of carbonyl (C=O) groups excluding carboxylic acids is 2. The van der Waals surface area contributed by atoms with Crippen molar-refractivity contribution >= 4 is 11.9 Å². The molecule has 0 N–H and O–H groups in total. The summed E-state index contributed by atoms with van der Waals surface area (Å²) in [6.07, 6.45) is 24.2. The molecule has 0 saturated heterocycles. The van der Waals surface area contributed by atoms with Gasteiger partial charge in [-0.15, -0.1) is 0 Å². The molecule has 0 spiro atoms. The van der Waals surface area contributed by atoms with Gasteiger partial charge in [0.15, 0.2) is 0 Å². The van der Waals surface area contributed by atoms with Gasteiger partial charge in [0.1, 0.15) is 0 Å². The minimum Gasteiger partial charge on any atom is -0.466 e. The molecule has 0 aliphatic rings. The number of ether oxygens (including phenoxy) is 2. The van der Waals surface area contributed by atoms with Crippen LogP contribution in [0.2, 0.25) is 0 Å².